The van der Waals surface area contributed by atoms with Gasteiger partial charge in [-0.1, -0.05) is 25.1 Å². The summed E-state index contributed by atoms with van der Waals surface area (Å²) in [5, 5.41) is 13.6. The zero-order valence-electron chi connectivity index (χ0n) is 20.5. The molecule has 4 rings (SSSR count). The van der Waals surface area contributed by atoms with Gasteiger partial charge in [-0.3, -0.25) is 4.79 Å². The van der Waals surface area contributed by atoms with Crippen molar-refractivity contribution < 1.29 is 32.7 Å². The van der Waals surface area contributed by atoms with Crippen LogP contribution >= 0.6 is 0 Å². The van der Waals surface area contributed by atoms with E-state index >= 15 is 0 Å². The highest BCUT2D eigenvalue weighted by molar-refractivity contribution is 5.95. The second-order valence-electron chi connectivity index (χ2n) is 8.93. The number of nitrogens with zero attached hydrogens (tertiary/aromatic N) is 2. The van der Waals surface area contributed by atoms with Crippen LogP contribution in [0.1, 0.15) is 38.3 Å². The molecule has 1 fully saturated rings. The maximum absolute atomic E-state index is 12.5. The van der Waals surface area contributed by atoms with Gasteiger partial charge in [-0.25, -0.2) is 9.59 Å². The number of carboxylic acids is 1. The van der Waals surface area contributed by atoms with Crippen molar-refractivity contribution in [2.24, 2.45) is 5.73 Å². The van der Waals surface area contributed by atoms with Crippen molar-refractivity contribution in [3.8, 4) is 0 Å². The van der Waals surface area contributed by atoms with Crippen molar-refractivity contribution >= 4 is 35.0 Å². The van der Waals surface area contributed by atoms with Crippen molar-refractivity contribution in [2.45, 2.75) is 51.0 Å². The van der Waals surface area contributed by atoms with E-state index in [-0.39, 0.29) is 30.1 Å². The van der Waals surface area contributed by atoms with Gasteiger partial charge in [0.15, 0.2) is 0 Å². The number of carbonyl (C=O) groups excluding carboxylic acids is 2. The quantitative estimate of drug-likeness (QED) is 0.478. The summed E-state index contributed by atoms with van der Waals surface area (Å²) < 4.78 is 31.7. The molecule has 3 amide bonds. The molecule has 0 saturated carbocycles. The van der Waals surface area contributed by atoms with Crippen LogP contribution in [0.25, 0.3) is 0 Å². The van der Waals surface area contributed by atoms with Crippen LogP contribution < -0.4 is 21.3 Å². The van der Waals surface area contributed by atoms with E-state index in [0.29, 0.717) is 19.5 Å². The third-order valence-corrected chi connectivity index (χ3v) is 6.08. The number of fused-ring (bicyclic) bond motifs is 1. The number of urea groups is 1. The van der Waals surface area contributed by atoms with Crippen LogP contribution in [0.3, 0.4) is 0 Å². The minimum Gasteiger partial charge on any atom is -0.475 e. The molecule has 9 nitrogen and oxygen atoms in total. The van der Waals surface area contributed by atoms with Gasteiger partial charge in [-0.15, -0.1) is 0 Å². The summed E-state index contributed by atoms with van der Waals surface area (Å²) in [6, 6.07) is 16.0. The summed E-state index contributed by atoms with van der Waals surface area (Å²) in [5.41, 5.74) is 9.57. The smallest absolute Gasteiger partial charge is 0.475 e. The molecule has 2 aliphatic heterocycles. The fraction of sp³-hybridized carbons (Fsp3) is 0.400. The Morgan fingerprint density at radius 2 is 1.62 bits per heavy atom. The molecule has 0 aliphatic carbocycles. The molecule has 12 heteroatoms. The lowest BCUT2D eigenvalue weighted by Crippen LogP contribution is -2.58. The van der Waals surface area contributed by atoms with E-state index in [2.05, 4.69) is 23.6 Å². The number of carboxylic acid groups (broad SMARTS) is 1. The van der Waals surface area contributed by atoms with Gasteiger partial charge in [0, 0.05) is 48.7 Å². The number of rotatable bonds is 4. The van der Waals surface area contributed by atoms with E-state index in [9.17, 15) is 22.8 Å². The maximum atomic E-state index is 12.5. The van der Waals surface area contributed by atoms with E-state index in [4.69, 9.17) is 15.6 Å². The molecule has 2 atom stereocenters. The van der Waals surface area contributed by atoms with Crippen LogP contribution in [0.2, 0.25) is 0 Å². The summed E-state index contributed by atoms with van der Waals surface area (Å²) in [7, 11) is 0. The number of hydrogen-bond donors (Lipinski definition) is 4. The minimum atomic E-state index is -5.08. The van der Waals surface area contributed by atoms with Crippen molar-refractivity contribution in [2.75, 3.05) is 28.6 Å². The van der Waals surface area contributed by atoms with Crippen LogP contribution in [0.4, 0.5) is 35.0 Å². The average Bonchev–Trinajstić information content (AvgIpc) is 2.82. The van der Waals surface area contributed by atoms with Gasteiger partial charge in [0.2, 0.25) is 5.91 Å². The van der Waals surface area contributed by atoms with E-state index in [0.717, 1.165) is 29.0 Å². The normalized spacial score (nSPS) is 19.1. The number of amides is 3. The number of benzene rings is 2. The second kappa shape index (κ2) is 11.5. The van der Waals surface area contributed by atoms with Crippen LogP contribution in [-0.2, 0) is 9.59 Å². The number of carbonyl (C=O) groups is 3. The Hall–Kier alpha value is -3.80. The lowest BCUT2D eigenvalue weighted by molar-refractivity contribution is -0.192. The molecule has 2 aromatic carbocycles. The first-order valence-electron chi connectivity index (χ1n) is 11.8. The Balaban J connectivity index is 0.000000479. The molecule has 37 heavy (non-hydrogen) atoms. The van der Waals surface area contributed by atoms with Crippen molar-refractivity contribution in [1.29, 1.82) is 0 Å². The van der Waals surface area contributed by atoms with Crippen LogP contribution in [0.5, 0.6) is 0 Å². The van der Waals surface area contributed by atoms with Crippen molar-refractivity contribution in [1.82, 2.24) is 4.90 Å². The first-order chi connectivity index (χ1) is 17.4. The first-order valence-corrected chi connectivity index (χ1v) is 11.8. The topological polar surface area (TPSA) is 128 Å². The zero-order valence-corrected chi connectivity index (χ0v) is 20.5. The van der Waals surface area contributed by atoms with Gasteiger partial charge >= 0.3 is 18.2 Å². The summed E-state index contributed by atoms with van der Waals surface area (Å²) >= 11 is 0. The van der Waals surface area contributed by atoms with E-state index in [1.165, 1.54) is 0 Å². The molecule has 1 saturated heterocycles. The summed E-state index contributed by atoms with van der Waals surface area (Å²) in [6.07, 6.45) is -3.76. The third kappa shape index (κ3) is 6.91. The SMILES string of the molecule is CCC(=O)N1c2ccccc2[C@H](Nc2ccc(NC(=O)N3CC(N)C3)cc2)C[C@@H]1C.O=C(O)C(F)(F)F. The lowest BCUT2D eigenvalue weighted by atomic mass is 9.91. The van der Waals surface area contributed by atoms with Crippen LogP contribution in [0.15, 0.2) is 48.5 Å². The predicted molar refractivity (Wildman–Crippen MR) is 133 cm³/mol. The maximum Gasteiger partial charge on any atom is 0.490 e. The van der Waals surface area contributed by atoms with Gasteiger partial charge in [-0.2, -0.15) is 13.2 Å². The minimum absolute atomic E-state index is 0.0895. The van der Waals surface area contributed by atoms with Crippen molar-refractivity contribution in [3.05, 3.63) is 54.1 Å². The predicted octanol–water partition coefficient (Wildman–Crippen LogP) is 4.18. The number of nitrogens with one attached hydrogen (secondary N) is 2. The standard InChI is InChI=1S/C23H29N5O2.C2HF3O2/c1-3-22(29)28-15(2)12-20(19-6-4-5-7-21(19)28)25-17-8-10-18(11-9-17)26-23(30)27-13-16(24)14-27;3-2(4,5)1(6)7/h4-11,15-16,20,25H,3,12-14,24H2,1-2H3,(H,26,30);(H,6,7)/t15-,20+;/m0./s1. The summed E-state index contributed by atoms with van der Waals surface area (Å²) in [6.45, 7) is 5.20. The molecule has 5 N–H and O–H groups in total. The van der Waals surface area contributed by atoms with Crippen molar-refractivity contribution in [3.63, 3.8) is 0 Å². The van der Waals surface area contributed by atoms with Gasteiger partial charge < -0.3 is 31.3 Å². The molecule has 0 unspecified atom stereocenters. The second-order valence-corrected chi connectivity index (χ2v) is 8.93. The molecule has 0 radical (unpaired) electrons. The number of anilines is 3. The zero-order chi connectivity index (χ0) is 27.3. The Morgan fingerprint density at radius 3 is 2.16 bits per heavy atom. The Morgan fingerprint density at radius 1 is 1.05 bits per heavy atom. The fourth-order valence-electron chi connectivity index (χ4n) is 4.23. The van der Waals surface area contributed by atoms with E-state index in [1.807, 2.05) is 54.3 Å². The number of nitrogens with two attached hydrogens (primary N) is 1. The fourth-order valence-corrected chi connectivity index (χ4v) is 4.23. The number of aliphatic carboxylic acids is 1. The Bertz CT molecular complexity index is 1120. The van der Waals surface area contributed by atoms with E-state index < -0.39 is 12.1 Å². The molecule has 2 aliphatic rings. The average molecular weight is 522 g/mol. The number of alkyl halides is 3. The van der Waals surface area contributed by atoms with Gasteiger partial charge in [-0.05, 0) is 49.2 Å². The first kappa shape index (κ1) is 27.8. The Labute approximate surface area is 212 Å². The molecule has 0 bridgehead atoms. The van der Waals surface area contributed by atoms with Crippen LogP contribution in [-0.4, -0.2) is 59.3 Å². The third-order valence-electron chi connectivity index (χ3n) is 6.08. The van der Waals surface area contributed by atoms with Gasteiger partial charge in [0.1, 0.15) is 0 Å². The van der Waals surface area contributed by atoms with Gasteiger partial charge in [0.05, 0.1) is 6.04 Å². The summed E-state index contributed by atoms with van der Waals surface area (Å²) in [4.78, 5) is 37.1. The Kier molecular flexibility index (Phi) is 8.64. The molecular weight excluding hydrogens is 491 g/mol. The monoisotopic (exact) mass is 521 g/mol. The number of likely N-dealkylation sites (tertiary alicyclic amines) is 1. The van der Waals surface area contributed by atoms with E-state index in [1.54, 1.807) is 4.90 Å². The highest BCUT2D eigenvalue weighted by Crippen LogP contribution is 2.39. The lowest BCUT2D eigenvalue weighted by Gasteiger charge is -2.40. The van der Waals surface area contributed by atoms with Gasteiger partial charge in [0.25, 0.3) is 0 Å². The molecule has 0 aromatic heterocycles. The highest BCUT2D eigenvalue weighted by atomic mass is 19.4. The number of hydrogen-bond acceptors (Lipinski definition) is 5. The molecule has 200 valence electrons. The number of halogens is 3. The van der Waals surface area contributed by atoms with Crippen LogP contribution in [0, 0.1) is 0 Å². The summed E-state index contributed by atoms with van der Waals surface area (Å²) in [5.74, 6) is -2.61. The molecule has 2 heterocycles. The largest absolute Gasteiger partial charge is 0.490 e. The molecule has 2 aromatic rings. The highest BCUT2D eigenvalue weighted by Gasteiger charge is 2.38. The number of para-hydroxylation sites is 1. The molecule has 0 spiro atoms. The molecular formula is C25H30F3N5O4.